The fourth-order valence-electron chi connectivity index (χ4n) is 3.59. The van der Waals surface area contributed by atoms with E-state index in [-0.39, 0.29) is 23.9 Å². The van der Waals surface area contributed by atoms with Gasteiger partial charge < -0.3 is 19.9 Å². The number of hydrogen-bond donors (Lipinski definition) is 1. The molecule has 8 heteroatoms. The summed E-state index contributed by atoms with van der Waals surface area (Å²) in [6, 6.07) is 6.31. The van der Waals surface area contributed by atoms with Crippen molar-refractivity contribution in [2.24, 2.45) is 0 Å². The van der Waals surface area contributed by atoms with E-state index in [1.54, 1.807) is 23.2 Å². The second-order valence-electron chi connectivity index (χ2n) is 7.06. The fourth-order valence-corrected chi connectivity index (χ4v) is 3.59. The summed E-state index contributed by atoms with van der Waals surface area (Å²) in [5.74, 6) is 1.83. The van der Waals surface area contributed by atoms with E-state index in [4.69, 9.17) is 4.74 Å². The Labute approximate surface area is 163 Å². The largest absolute Gasteiger partial charge is 0.490 e. The number of rotatable bonds is 6. The maximum absolute atomic E-state index is 13.0. The van der Waals surface area contributed by atoms with Gasteiger partial charge >= 0.3 is 0 Å². The fraction of sp³-hybridized carbons (Fsp3) is 0.450. The van der Waals surface area contributed by atoms with Crippen LogP contribution in [0.3, 0.4) is 0 Å². The molecule has 2 aliphatic rings. The molecule has 4 rings (SSSR count). The topological polar surface area (TPSA) is 70.6 Å². The Bertz CT molecular complexity index is 854. The Balaban J connectivity index is 1.39. The van der Waals surface area contributed by atoms with Gasteiger partial charge in [0.15, 0.2) is 5.82 Å². The average Bonchev–Trinajstić information content (AvgIpc) is 2.67. The van der Waals surface area contributed by atoms with E-state index in [0.29, 0.717) is 31.3 Å². The van der Waals surface area contributed by atoms with E-state index in [2.05, 4.69) is 15.3 Å². The standard InChI is InChI=1S/C20H24FN5O2/c1-3-25-12-18(27)26(4-2)17-11-22-20(24-19(17)25)23-14-9-16(10-14)28-15-7-5-13(21)6-8-15/h5-8,11,14,16H,3-4,9-10,12H2,1-2H3,(H,22,23,24). The zero-order valence-electron chi connectivity index (χ0n) is 16.1. The third kappa shape index (κ3) is 3.58. The molecule has 2 heterocycles. The van der Waals surface area contributed by atoms with Crippen LogP contribution in [0.1, 0.15) is 26.7 Å². The number of amides is 1. The monoisotopic (exact) mass is 385 g/mol. The van der Waals surface area contributed by atoms with Crippen molar-refractivity contribution in [1.29, 1.82) is 0 Å². The third-order valence-electron chi connectivity index (χ3n) is 5.21. The Hall–Kier alpha value is -2.90. The highest BCUT2D eigenvalue weighted by Crippen LogP contribution is 2.33. The molecule has 0 saturated heterocycles. The zero-order chi connectivity index (χ0) is 19.7. The van der Waals surface area contributed by atoms with Gasteiger partial charge in [0.25, 0.3) is 0 Å². The van der Waals surface area contributed by atoms with Crippen LogP contribution < -0.4 is 19.9 Å². The lowest BCUT2D eigenvalue weighted by Crippen LogP contribution is -2.46. The maximum Gasteiger partial charge on any atom is 0.246 e. The number of aromatic nitrogens is 2. The molecule has 0 atom stereocenters. The van der Waals surface area contributed by atoms with Gasteiger partial charge in [-0.2, -0.15) is 4.98 Å². The minimum Gasteiger partial charge on any atom is -0.490 e. The van der Waals surface area contributed by atoms with Crippen molar-refractivity contribution in [2.45, 2.75) is 38.8 Å². The summed E-state index contributed by atoms with van der Waals surface area (Å²) >= 11 is 0. The van der Waals surface area contributed by atoms with E-state index in [9.17, 15) is 9.18 Å². The molecule has 0 spiro atoms. The SMILES string of the molecule is CCN1CC(=O)N(CC)c2cnc(NC3CC(Oc4ccc(F)cc4)C3)nc21. The number of nitrogens with zero attached hydrogens (tertiary/aromatic N) is 4. The molecular weight excluding hydrogens is 361 g/mol. The Morgan fingerprint density at radius 3 is 2.64 bits per heavy atom. The van der Waals surface area contributed by atoms with Crippen molar-refractivity contribution in [2.75, 3.05) is 34.8 Å². The molecule has 0 unspecified atom stereocenters. The van der Waals surface area contributed by atoms with Crippen LogP contribution in [-0.2, 0) is 4.79 Å². The molecule has 28 heavy (non-hydrogen) atoms. The minimum atomic E-state index is -0.269. The number of fused-ring (bicyclic) bond motifs is 1. The van der Waals surface area contributed by atoms with Crippen molar-refractivity contribution in [1.82, 2.24) is 9.97 Å². The van der Waals surface area contributed by atoms with Crippen molar-refractivity contribution >= 4 is 23.4 Å². The number of carbonyl (C=O) groups is 1. The summed E-state index contributed by atoms with van der Waals surface area (Å²) in [4.78, 5) is 25.0. The van der Waals surface area contributed by atoms with Gasteiger partial charge in [-0.1, -0.05) is 0 Å². The first-order chi connectivity index (χ1) is 13.6. The lowest BCUT2D eigenvalue weighted by atomic mass is 9.89. The highest BCUT2D eigenvalue weighted by molar-refractivity contribution is 6.02. The highest BCUT2D eigenvalue weighted by atomic mass is 19.1. The van der Waals surface area contributed by atoms with Crippen LogP contribution in [0.15, 0.2) is 30.5 Å². The normalized spacial score (nSPS) is 21.2. The van der Waals surface area contributed by atoms with Crippen molar-refractivity contribution in [3.63, 3.8) is 0 Å². The molecule has 1 aliphatic heterocycles. The summed E-state index contributed by atoms with van der Waals surface area (Å²) in [5, 5.41) is 3.35. The number of carbonyl (C=O) groups excluding carboxylic acids is 1. The van der Waals surface area contributed by atoms with Crippen molar-refractivity contribution in [3.8, 4) is 5.75 Å². The third-order valence-corrected chi connectivity index (χ3v) is 5.21. The smallest absolute Gasteiger partial charge is 0.246 e. The first kappa shape index (κ1) is 18.5. The molecule has 1 aromatic carbocycles. The number of halogens is 1. The van der Waals surface area contributed by atoms with Crippen LogP contribution >= 0.6 is 0 Å². The number of hydrogen-bond acceptors (Lipinski definition) is 6. The Morgan fingerprint density at radius 2 is 1.96 bits per heavy atom. The van der Waals surface area contributed by atoms with Crippen molar-refractivity contribution < 1.29 is 13.9 Å². The Morgan fingerprint density at radius 1 is 1.21 bits per heavy atom. The highest BCUT2D eigenvalue weighted by Gasteiger charge is 2.33. The second-order valence-corrected chi connectivity index (χ2v) is 7.06. The minimum absolute atomic E-state index is 0.0703. The predicted molar refractivity (Wildman–Crippen MR) is 105 cm³/mol. The quantitative estimate of drug-likeness (QED) is 0.825. The molecule has 0 radical (unpaired) electrons. The Kier molecular flexibility index (Phi) is 5.02. The predicted octanol–water partition coefficient (Wildman–Crippen LogP) is 2.83. The maximum atomic E-state index is 13.0. The van der Waals surface area contributed by atoms with E-state index in [1.807, 2.05) is 18.7 Å². The molecular formula is C20H24FN5O2. The molecule has 1 aliphatic carbocycles. The number of anilines is 3. The molecule has 1 aromatic heterocycles. The van der Waals surface area contributed by atoms with Crippen LogP contribution in [0.5, 0.6) is 5.75 Å². The molecule has 1 fully saturated rings. The second kappa shape index (κ2) is 7.61. The summed E-state index contributed by atoms with van der Waals surface area (Å²) in [6.45, 7) is 5.61. The molecule has 1 saturated carbocycles. The summed E-state index contributed by atoms with van der Waals surface area (Å²) < 4.78 is 18.8. The summed E-state index contributed by atoms with van der Waals surface area (Å²) in [6.07, 6.45) is 3.48. The van der Waals surface area contributed by atoms with Crippen LogP contribution in [0.4, 0.5) is 21.8 Å². The summed E-state index contributed by atoms with van der Waals surface area (Å²) in [5.41, 5.74) is 0.761. The lowest BCUT2D eigenvalue weighted by Gasteiger charge is -2.37. The van der Waals surface area contributed by atoms with Crippen LogP contribution in [-0.4, -0.2) is 47.7 Å². The van der Waals surface area contributed by atoms with Crippen molar-refractivity contribution in [3.05, 3.63) is 36.3 Å². The van der Waals surface area contributed by atoms with Crippen LogP contribution in [0.25, 0.3) is 0 Å². The number of benzene rings is 1. The number of likely N-dealkylation sites (N-methyl/N-ethyl adjacent to an activating group) is 2. The van der Waals surface area contributed by atoms with E-state index >= 15 is 0 Å². The first-order valence-corrected chi connectivity index (χ1v) is 9.68. The van der Waals surface area contributed by atoms with Gasteiger partial charge in [0.05, 0.1) is 12.7 Å². The van der Waals surface area contributed by atoms with Gasteiger partial charge in [-0.3, -0.25) is 4.79 Å². The van der Waals surface area contributed by atoms with E-state index in [0.717, 1.165) is 24.3 Å². The summed E-state index contributed by atoms with van der Waals surface area (Å²) in [7, 11) is 0. The molecule has 148 valence electrons. The molecule has 7 nitrogen and oxygen atoms in total. The lowest BCUT2D eigenvalue weighted by molar-refractivity contribution is -0.117. The van der Waals surface area contributed by atoms with Crippen LogP contribution in [0, 0.1) is 5.82 Å². The van der Waals surface area contributed by atoms with Gasteiger partial charge in [0.2, 0.25) is 11.9 Å². The number of nitrogens with one attached hydrogen (secondary N) is 1. The number of ether oxygens (including phenoxy) is 1. The van der Waals surface area contributed by atoms with Gasteiger partial charge in [-0.15, -0.1) is 0 Å². The van der Waals surface area contributed by atoms with Gasteiger partial charge in [0, 0.05) is 32.0 Å². The van der Waals surface area contributed by atoms with Gasteiger partial charge in [-0.25, -0.2) is 9.37 Å². The van der Waals surface area contributed by atoms with E-state index in [1.165, 1.54) is 12.1 Å². The average molecular weight is 385 g/mol. The molecule has 0 bridgehead atoms. The molecule has 1 amide bonds. The van der Waals surface area contributed by atoms with E-state index < -0.39 is 0 Å². The van der Waals surface area contributed by atoms with Gasteiger partial charge in [0.1, 0.15) is 23.4 Å². The molecule has 1 N–H and O–H groups in total. The zero-order valence-corrected chi connectivity index (χ0v) is 16.1. The molecule has 2 aromatic rings. The van der Waals surface area contributed by atoms with Gasteiger partial charge in [-0.05, 0) is 38.1 Å². The van der Waals surface area contributed by atoms with Crippen LogP contribution in [0.2, 0.25) is 0 Å². The first-order valence-electron chi connectivity index (χ1n) is 9.68.